The third-order valence-corrected chi connectivity index (χ3v) is 3.77. The number of halogens is 2. The Hall–Kier alpha value is -1.00. The van der Waals surface area contributed by atoms with E-state index in [1.165, 1.54) is 18.2 Å². The van der Waals surface area contributed by atoms with E-state index in [0.29, 0.717) is 13.1 Å². The van der Waals surface area contributed by atoms with Crippen LogP contribution >= 0.6 is 0 Å². The minimum Gasteiger partial charge on any atom is -0.384 e. The van der Waals surface area contributed by atoms with Crippen molar-refractivity contribution in [3.05, 3.63) is 35.4 Å². The molecule has 2 rings (SSSR count). The molecule has 17 heavy (non-hydrogen) atoms. The topological polar surface area (TPSA) is 32.3 Å². The largest absolute Gasteiger partial charge is 0.384 e. The van der Waals surface area contributed by atoms with E-state index in [0.717, 1.165) is 0 Å². The van der Waals surface area contributed by atoms with Gasteiger partial charge >= 0.3 is 0 Å². The van der Waals surface area contributed by atoms with Gasteiger partial charge in [-0.1, -0.05) is 19.9 Å². The van der Waals surface area contributed by atoms with E-state index in [-0.39, 0.29) is 17.4 Å². The number of rotatable bonds is 1. The van der Waals surface area contributed by atoms with E-state index in [1.807, 2.05) is 0 Å². The number of piperidine rings is 1. The third kappa shape index (κ3) is 1.85. The molecule has 3 atom stereocenters. The maximum atomic E-state index is 13.8. The Morgan fingerprint density at radius 1 is 1.18 bits per heavy atom. The summed E-state index contributed by atoms with van der Waals surface area (Å²) in [6.07, 6.45) is 0. The van der Waals surface area contributed by atoms with Crippen molar-refractivity contribution in [1.29, 1.82) is 0 Å². The van der Waals surface area contributed by atoms with Crippen LogP contribution in [0.4, 0.5) is 8.78 Å². The summed E-state index contributed by atoms with van der Waals surface area (Å²) in [4.78, 5) is 0. The van der Waals surface area contributed by atoms with Crippen LogP contribution in [0.25, 0.3) is 0 Å². The number of benzene rings is 1. The second-order valence-electron chi connectivity index (χ2n) is 4.88. The molecular formula is C13H17F2NO. The number of nitrogens with one attached hydrogen (secondary N) is 1. The summed E-state index contributed by atoms with van der Waals surface area (Å²) in [5.74, 6) is -1.82. The highest BCUT2D eigenvalue weighted by molar-refractivity contribution is 5.28. The summed E-state index contributed by atoms with van der Waals surface area (Å²) >= 11 is 0. The molecule has 1 saturated heterocycles. The maximum Gasteiger partial charge on any atom is 0.132 e. The van der Waals surface area contributed by atoms with Crippen molar-refractivity contribution in [3.8, 4) is 0 Å². The molecule has 1 aromatic carbocycles. The van der Waals surface area contributed by atoms with Crippen molar-refractivity contribution in [2.75, 3.05) is 13.1 Å². The van der Waals surface area contributed by atoms with Gasteiger partial charge in [0, 0.05) is 24.9 Å². The molecule has 2 N–H and O–H groups in total. The van der Waals surface area contributed by atoms with Gasteiger partial charge in [0.15, 0.2) is 0 Å². The zero-order chi connectivity index (χ0) is 12.6. The molecule has 4 heteroatoms. The fourth-order valence-corrected chi connectivity index (χ4v) is 2.69. The fourth-order valence-electron chi connectivity index (χ4n) is 2.69. The van der Waals surface area contributed by atoms with Crippen molar-refractivity contribution in [2.24, 2.45) is 11.8 Å². The van der Waals surface area contributed by atoms with E-state index in [1.54, 1.807) is 13.8 Å². The van der Waals surface area contributed by atoms with E-state index in [4.69, 9.17) is 0 Å². The lowest BCUT2D eigenvalue weighted by Gasteiger charge is -2.44. The van der Waals surface area contributed by atoms with Crippen molar-refractivity contribution in [2.45, 2.75) is 19.4 Å². The van der Waals surface area contributed by atoms with Crippen LogP contribution in [0.15, 0.2) is 18.2 Å². The second-order valence-corrected chi connectivity index (χ2v) is 4.88. The zero-order valence-electron chi connectivity index (χ0n) is 10.0. The Bertz CT molecular complexity index is 392. The van der Waals surface area contributed by atoms with E-state index in [2.05, 4.69) is 5.32 Å². The Kier molecular flexibility index (Phi) is 3.19. The molecule has 2 nitrogen and oxygen atoms in total. The van der Waals surface area contributed by atoms with E-state index < -0.39 is 17.2 Å². The minimum absolute atomic E-state index is 0.193. The van der Waals surface area contributed by atoms with Crippen LogP contribution in [0.1, 0.15) is 19.4 Å². The standard InChI is InChI=1S/C13H17F2NO/c1-8-6-16-7-9(2)13(8,17)12-10(14)4-3-5-11(12)15/h3-5,8-9,16-17H,6-7H2,1-2H3/t8-,9+,13?. The number of hydrogen-bond acceptors (Lipinski definition) is 2. The van der Waals surface area contributed by atoms with Crippen molar-refractivity contribution in [1.82, 2.24) is 5.32 Å². The van der Waals surface area contributed by atoms with Gasteiger partial charge < -0.3 is 10.4 Å². The monoisotopic (exact) mass is 241 g/mol. The lowest BCUT2D eigenvalue weighted by molar-refractivity contribution is -0.0856. The van der Waals surface area contributed by atoms with Gasteiger partial charge in [0.1, 0.15) is 17.2 Å². The molecule has 1 fully saturated rings. The predicted octanol–water partition coefficient (Wildman–Crippen LogP) is 2.03. The summed E-state index contributed by atoms with van der Waals surface area (Å²) in [5, 5.41) is 13.9. The molecule has 0 aliphatic carbocycles. The van der Waals surface area contributed by atoms with Crippen LogP contribution in [-0.2, 0) is 5.60 Å². The van der Waals surface area contributed by atoms with Crippen LogP contribution in [0.2, 0.25) is 0 Å². The van der Waals surface area contributed by atoms with E-state index in [9.17, 15) is 13.9 Å². The van der Waals surface area contributed by atoms with Gasteiger partial charge in [0.25, 0.3) is 0 Å². The molecule has 0 spiro atoms. The highest BCUT2D eigenvalue weighted by Gasteiger charge is 2.46. The molecule has 0 saturated carbocycles. The molecule has 0 radical (unpaired) electrons. The van der Waals surface area contributed by atoms with Crippen molar-refractivity contribution < 1.29 is 13.9 Å². The van der Waals surface area contributed by atoms with Crippen LogP contribution in [0.5, 0.6) is 0 Å². The molecule has 1 heterocycles. The molecule has 0 amide bonds. The Morgan fingerprint density at radius 2 is 1.65 bits per heavy atom. The molecule has 0 aromatic heterocycles. The Labute approximate surface area is 99.7 Å². The molecule has 1 aliphatic heterocycles. The lowest BCUT2D eigenvalue weighted by Crippen LogP contribution is -2.53. The third-order valence-electron chi connectivity index (χ3n) is 3.77. The quantitative estimate of drug-likeness (QED) is 0.788. The predicted molar refractivity (Wildman–Crippen MR) is 61.5 cm³/mol. The van der Waals surface area contributed by atoms with Gasteiger partial charge in [-0.2, -0.15) is 0 Å². The molecular weight excluding hydrogens is 224 g/mol. The van der Waals surface area contributed by atoms with Crippen molar-refractivity contribution >= 4 is 0 Å². The van der Waals surface area contributed by atoms with Gasteiger partial charge in [0.2, 0.25) is 0 Å². The van der Waals surface area contributed by atoms with Gasteiger partial charge in [-0.05, 0) is 12.1 Å². The van der Waals surface area contributed by atoms with Crippen LogP contribution in [-0.4, -0.2) is 18.2 Å². The highest BCUT2D eigenvalue weighted by atomic mass is 19.1. The van der Waals surface area contributed by atoms with Gasteiger partial charge in [0.05, 0.1) is 5.56 Å². The van der Waals surface area contributed by atoms with Crippen molar-refractivity contribution in [3.63, 3.8) is 0 Å². The zero-order valence-corrected chi connectivity index (χ0v) is 10.0. The summed E-state index contributed by atoms with van der Waals surface area (Å²) in [6, 6.07) is 3.70. The van der Waals surface area contributed by atoms with Crippen LogP contribution < -0.4 is 5.32 Å². The van der Waals surface area contributed by atoms with Gasteiger partial charge in [-0.15, -0.1) is 0 Å². The molecule has 1 aromatic rings. The normalized spacial score (nSPS) is 33.7. The second kappa shape index (κ2) is 4.35. The first-order chi connectivity index (χ1) is 7.98. The molecule has 1 aliphatic rings. The van der Waals surface area contributed by atoms with Crippen LogP contribution in [0, 0.1) is 23.5 Å². The average Bonchev–Trinajstić information content (AvgIpc) is 2.26. The Balaban J connectivity index is 2.56. The Morgan fingerprint density at radius 3 is 2.12 bits per heavy atom. The first-order valence-electron chi connectivity index (χ1n) is 5.85. The number of aliphatic hydroxyl groups is 1. The molecule has 94 valence electrons. The average molecular weight is 241 g/mol. The summed E-state index contributed by atoms with van der Waals surface area (Å²) in [7, 11) is 0. The van der Waals surface area contributed by atoms with E-state index >= 15 is 0 Å². The van der Waals surface area contributed by atoms with Crippen LogP contribution in [0.3, 0.4) is 0 Å². The summed E-state index contributed by atoms with van der Waals surface area (Å²) < 4.78 is 27.6. The highest BCUT2D eigenvalue weighted by Crippen LogP contribution is 2.41. The molecule has 1 unspecified atom stereocenters. The fraction of sp³-hybridized carbons (Fsp3) is 0.538. The maximum absolute atomic E-state index is 13.8. The minimum atomic E-state index is -1.44. The first kappa shape index (κ1) is 12.5. The number of hydrogen-bond donors (Lipinski definition) is 2. The summed E-state index contributed by atoms with van der Waals surface area (Å²) in [5.41, 5.74) is -1.64. The van der Waals surface area contributed by atoms with Gasteiger partial charge in [-0.25, -0.2) is 8.78 Å². The first-order valence-corrected chi connectivity index (χ1v) is 5.85. The molecule has 0 bridgehead atoms. The summed E-state index contributed by atoms with van der Waals surface area (Å²) in [6.45, 7) is 4.70. The SMILES string of the molecule is C[C@@H]1CNC[C@H](C)C1(O)c1c(F)cccc1F. The lowest BCUT2D eigenvalue weighted by atomic mass is 9.71. The van der Waals surface area contributed by atoms with Gasteiger partial charge in [-0.3, -0.25) is 0 Å². The smallest absolute Gasteiger partial charge is 0.132 e.